The maximum Gasteiger partial charge on any atom is 0.253 e. The second kappa shape index (κ2) is 6.11. The summed E-state index contributed by atoms with van der Waals surface area (Å²) in [5.41, 5.74) is 6.65. The quantitative estimate of drug-likeness (QED) is 0.706. The minimum atomic E-state index is -0.910. The van der Waals surface area contributed by atoms with Gasteiger partial charge in [-0.15, -0.1) is 0 Å². The number of thioether (sulfide) groups is 1. The van der Waals surface area contributed by atoms with Gasteiger partial charge in [0, 0.05) is 18.0 Å². The minimum Gasteiger partial charge on any atom is -0.398 e. The molecule has 18 heavy (non-hydrogen) atoms. The van der Waals surface area contributed by atoms with Gasteiger partial charge >= 0.3 is 0 Å². The molecule has 0 aliphatic heterocycles. The number of amides is 1. The third-order valence-corrected chi connectivity index (χ3v) is 3.53. The zero-order chi connectivity index (χ0) is 13.8. The first-order chi connectivity index (χ1) is 8.37. The number of rotatable bonds is 5. The second-order valence-electron chi connectivity index (χ2n) is 4.65. The molecule has 1 atom stereocenters. The highest BCUT2D eigenvalue weighted by Crippen LogP contribution is 2.16. The van der Waals surface area contributed by atoms with Gasteiger partial charge in [0.2, 0.25) is 0 Å². The van der Waals surface area contributed by atoms with E-state index >= 15 is 0 Å². The van der Waals surface area contributed by atoms with E-state index < -0.39 is 5.60 Å². The van der Waals surface area contributed by atoms with Crippen LogP contribution in [0.3, 0.4) is 0 Å². The third kappa shape index (κ3) is 3.92. The van der Waals surface area contributed by atoms with E-state index in [9.17, 15) is 9.90 Å². The summed E-state index contributed by atoms with van der Waals surface area (Å²) in [5.74, 6) is 0.322. The van der Waals surface area contributed by atoms with Gasteiger partial charge < -0.3 is 16.2 Å². The Morgan fingerprint density at radius 2 is 2.22 bits per heavy atom. The largest absolute Gasteiger partial charge is 0.398 e. The Labute approximate surface area is 112 Å². The van der Waals surface area contributed by atoms with E-state index in [2.05, 4.69) is 5.32 Å². The van der Waals surface area contributed by atoms with Crippen molar-refractivity contribution in [2.24, 2.45) is 0 Å². The highest BCUT2D eigenvalue weighted by atomic mass is 32.2. The van der Waals surface area contributed by atoms with Crippen molar-refractivity contribution in [1.29, 1.82) is 0 Å². The maximum atomic E-state index is 12.0. The van der Waals surface area contributed by atoms with E-state index in [1.54, 1.807) is 13.0 Å². The molecule has 100 valence electrons. The van der Waals surface area contributed by atoms with Crippen molar-refractivity contribution in [1.82, 2.24) is 5.32 Å². The van der Waals surface area contributed by atoms with Gasteiger partial charge in [-0.2, -0.15) is 11.8 Å². The van der Waals surface area contributed by atoms with Crippen LogP contribution in [0.4, 0.5) is 5.69 Å². The van der Waals surface area contributed by atoms with Gasteiger partial charge in [-0.25, -0.2) is 0 Å². The summed E-state index contributed by atoms with van der Waals surface area (Å²) in [6.45, 7) is 3.75. The number of nitrogen functional groups attached to an aromatic ring is 1. The molecule has 0 radical (unpaired) electrons. The Morgan fingerprint density at radius 1 is 1.56 bits per heavy atom. The molecule has 4 nitrogen and oxygen atoms in total. The van der Waals surface area contributed by atoms with E-state index in [1.807, 2.05) is 25.3 Å². The molecule has 4 N–H and O–H groups in total. The normalized spacial score (nSPS) is 14.0. The van der Waals surface area contributed by atoms with Crippen molar-refractivity contribution in [3.8, 4) is 0 Å². The van der Waals surface area contributed by atoms with Crippen molar-refractivity contribution in [2.75, 3.05) is 24.3 Å². The molecule has 1 rings (SSSR count). The molecule has 0 fully saturated rings. The molecule has 0 saturated heterocycles. The number of nitrogens with two attached hydrogens (primary N) is 1. The summed E-state index contributed by atoms with van der Waals surface area (Å²) in [5, 5.41) is 12.7. The average Bonchev–Trinajstić information content (AvgIpc) is 2.26. The molecule has 5 heteroatoms. The number of nitrogens with one attached hydrogen (secondary N) is 1. The first-order valence-electron chi connectivity index (χ1n) is 5.72. The van der Waals surface area contributed by atoms with Crippen LogP contribution in [0.25, 0.3) is 0 Å². The Balaban J connectivity index is 2.72. The fraction of sp³-hybridized carbons (Fsp3) is 0.462. The fourth-order valence-corrected chi connectivity index (χ4v) is 2.45. The number of aryl methyl sites for hydroxylation is 1. The second-order valence-corrected chi connectivity index (χ2v) is 5.52. The molecule has 0 aromatic heterocycles. The molecule has 0 aliphatic carbocycles. The molecular formula is C13H20N2O2S. The number of hydrogen-bond donors (Lipinski definition) is 3. The van der Waals surface area contributed by atoms with Gasteiger partial charge in [-0.3, -0.25) is 4.79 Å². The van der Waals surface area contributed by atoms with E-state index in [0.717, 1.165) is 5.56 Å². The Bertz CT molecular complexity index is 413. The predicted molar refractivity (Wildman–Crippen MR) is 76.9 cm³/mol. The van der Waals surface area contributed by atoms with Crippen molar-refractivity contribution in [3.63, 3.8) is 0 Å². The molecule has 0 spiro atoms. The summed E-state index contributed by atoms with van der Waals surface area (Å²) >= 11 is 1.54. The summed E-state index contributed by atoms with van der Waals surface area (Å²) in [4.78, 5) is 12.0. The van der Waals surface area contributed by atoms with Crippen molar-refractivity contribution >= 4 is 23.4 Å². The van der Waals surface area contributed by atoms with Crippen LogP contribution in [0.2, 0.25) is 0 Å². The van der Waals surface area contributed by atoms with Crippen LogP contribution in [0.1, 0.15) is 22.8 Å². The van der Waals surface area contributed by atoms with E-state index in [-0.39, 0.29) is 12.5 Å². The third-order valence-electron chi connectivity index (χ3n) is 2.62. The van der Waals surface area contributed by atoms with Crippen LogP contribution in [0.15, 0.2) is 18.2 Å². The van der Waals surface area contributed by atoms with Gasteiger partial charge in [0.05, 0.1) is 11.2 Å². The number of aliphatic hydroxyl groups is 1. The van der Waals surface area contributed by atoms with Crippen LogP contribution >= 0.6 is 11.8 Å². The first-order valence-corrected chi connectivity index (χ1v) is 7.11. The van der Waals surface area contributed by atoms with Gasteiger partial charge in [0.15, 0.2) is 0 Å². The van der Waals surface area contributed by atoms with E-state index in [1.165, 1.54) is 11.8 Å². The lowest BCUT2D eigenvalue weighted by Gasteiger charge is -2.23. The van der Waals surface area contributed by atoms with E-state index in [0.29, 0.717) is 17.0 Å². The van der Waals surface area contributed by atoms with Crippen molar-refractivity contribution in [3.05, 3.63) is 29.3 Å². The summed E-state index contributed by atoms with van der Waals surface area (Å²) in [6, 6.07) is 5.35. The molecular weight excluding hydrogens is 248 g/mol. The van der Waals surface area contributed by atoms with Crippen LogP contribution in [-0.4, -0.2) is 35.2 Å². The lowest BCUT2D eigenvalue weighted by molar-refractivity contribution is 0.0725. The monoisotopic (exact) mass is 268 g/mol. The Kier molecular flexibility index (Phi) is 5.04. The van der Waals surface area contributed by atoms with E-state index in [4.69, 9.17) is 5.73 Å². The van der Waals surface area contributed by atoms with Crippen LogP contribution in [0.5, 0.6) is 0 Å². The zero-order valence-corrected chi connectivity index (χ0v) is 11.8. The summed E-state index contributed by atoms with van der Waals surface area (Å²) < 4.78 is 0. The van der Waals surface area contributed by atoms with Crippen LogP contribution < -0.4 is 11.1 Å². The molecule has 0 heterocycles. The van der Waals surface area contributed by atoms with Gasteiger partial charge in [-0.05, 0) is 31.7 Å². The lowest BCUT2D eigenvalue weighted by Crippen LogP contribution is -2.42. The summed E-state index contributed by atoms with van der Waals surface area (Å²) in [7, 11) is 0. The number of hydrogen-bond acceptors (Lipinski definition) is 4. The minimum absolute atomic E-state index is 0.209. The van der Waals surface area contributed by atoms with Crippen molar-refractivity contribution in [2.45, 2.75) is 19.4 Å². The van der Waals surface area contributed by atoms with Gasteiger partial charge in [-0.1, -0.05) is 12.1 Å². The van der Waals surface area contributed by atoms with Gasteiger partial charge in [0.25, 0.3) is 5.91 Å². The van der Waals surface area contributed by atoms with Gasteiger partial charge in [0.1, 0.15) is 0 Å². The molecule has 1 aromatic carbocycles. The average molecular weight is 268 g/mol. The number of carbonyl (C=O) groups excluding carboxylic acids is 1. The molecule has 0 saturated carbocycles. The molecule has 0 aliphatic rings. The highest BCUT2D eigenvalue weighted by Gasteiger charge is 2.21. The fourth-order valence-electron chi connectivity index (χ4n) is 1.72. The number of carbonyl (C=O) groups is 1. The topological polar surface area (TPSA) is 75.3 Å². The predicted octanol–water partition coefficient (Wildman–Crippen LogP) is 1.42. The molecule has 1 amide bonds. The van der Waals surface area contributed by atoms with Crippen LogP contribution in [-0.2, 0) is 0 Å². The highest BCUT2D eigenvalue weighted by molar-refractivity contribution is 7.98. The smallest absolute Gasteiger partial charge is 0.253 e. The standard InChI is InChI=1S/C13H20N2O2S/c1-9-5-4-6-10(14)11(9)12(16)15-7-13(2,17)8-18-3/h4-6,17H,7-8,14H2,1-3H3,(H,15,16). The molecule has 1 aromatic rings. The number of benzene rings is 1. The molecule has 1 unspecified atom stereocenters. The summed E-state index contributed by atoms with van der Waals surface area (Å²) in [6.07, 6.45) is 1.91. The zero-order valence-electron chi connectivity index (χ0n) is 11.0. The Morgan fingerprint density at radius 3 is 2.78 bits per heavy atom. The Hall–Kier alpha value is -1.20. The maximum absolute atomic E-state index is 12.0. The lowest BCUT2D eigenvalue weighted by atomic mass is 10.1. The van der Waals surface area contributed by atoms with Crippen molar-refractivity contribution < 1.29 is 9.90 Å². The van der Waals surface area contributed by atoms with Crippen LogP contribution in [0, 0.1) is 6.92 Å². The first kappa shape index (κ1) is 14.9. The number of anilines is 1. The molecule has 0 bridgehead atoms. The SMILES string of the molecule is CSCC(C)(O)CNC(=O)c1c(C)cccc1N.